The first-order valence-corrected chi connectivity index (χ1v) is 3.66. The van der Waals surface area contributed by atoms with E-state index in [9.17, 15) is 0 Å². The highest BCUT2D eigenvalue weighted by atomic mass is 14.2. The fraction of sp³-hybridized carbons (Fsp3) is 0.400. The van der Waals surface area contributed by atoms with Gasteiger partial charge in [0.1, 0.15) is 0 Å². The quantitative estimate of drug-likeness (QED) is 0.509. The molecule has 0 bridgehead atoms. The average molecular weight is 134 g/mol. The molecule has 0 aromatic heterocycles. The first kappa shape index (κ1) is 7.33. The molecule has 0 aromatic carbocycles. The molecule has 0 aromatic rings. The van der Waals surface area contributed by atoms with Crippen LogP contribution in [0.5, 0.6) is 0 Å². The second kappa shape index (κ2) is 2.45. The molecule has 0 spiro atoms. The van der Waals surface area contributed by atoms with Gasteiger partial charge in [-0.25, -0.2) is 0 Å². The zero-order valence-corrected chi connectivity index (χ0v) is 6.72. The molecular weight excluding hydrogens is 120 g/mol. The van der Waals surface area contributed by atoms with E-state index in [1.807, 2.05) is 6.08 Å². The molecule has 0 saturated heterocycles. The Morgan fingerprint density at radius 2 is 2.30 bits per heavy atom. The van der Waals surface area contributed by atoms with Crippen molar-refractivity contribution in [2.75, 3.05) is 0 Å². The van der Waals surface area contributed by atoms with Crippen LogP contribution >= 0.6 is 0 Å². The minimum Gasteiger partial charge on any atom is -0.102 e. The van der Waals surface area contributed by atoms with Crippen LogP contribution in [0.25, 0.3) is 0 Å². The molecule has 0 aliphatic heterocycles. The lowest BCUT2D eigenvalue weighted by atomic mass is 9.84. The Kier molecular flexibility index (Phi) is 1.80. The van der Waals surface area contributed by atoms with Crippen molar-refractivity contribution in [1.82, 2.24) is 0 Å². The van der Waals surface area contributed by atoms with E-state index in [-0.39, 0.29) is 5.41 Å². The van der Waals surface area contributed by atoms with E-state index >= 15 is 0 Å². The Labute approximate surface area is 62.9 Å². The summed E-state index contributed by atoms with van der Waals surface area (Å²) < 4.78 is 0. The van der Waals surface area contributed by atoms with Gasteiger partial charge in [0, 0.05) is 5.41 Å². The number of rotatable bonds is 2. The molecule has 0 saturated carbocycles. The summed E-state index contributed by atoms with van der Waals surface area (Å²) in [4.78, 5) is 0. The summed E-state index contributed by atoms with van der Waals surface area (Å²) in [5.41, 5.74) is 1.64. The number of allylic oxidation sites excluding steroid dienone is 5. The van der Waals surface area contributed by atoms with Crippen molar-refractivity contribution in [3.8, 4) is 0 Å². The molecule has 1 aliphatic rings. The zero-order chi connectivity index (χ0) is 7.61. The summed E-state index contributed by atoms with van der Waals surface area (Å²) in [7, 11) is 0. The minimum absolute atomic E-state index is 0.184. The van der Waals surface area contributed by atoms with E-state index in [0.29, 0.717) is 0 Å². The highest BCUT2D eigenvalue weighted by Gasteiger charge is 2.18. The van der Waals surface area contributed by atoms with Gasteiger partial charge in [0.2, 0.25) is 0 Å². The normalized spacial score (nSPS) is 17.2. The smallest absolute Gasteiger partial charge is 0.00377 e. The molecule has 1 aliphatic carbocycles. The fourth-order valence-corrected chi connectivity index (χ4v) is 1.06. The van der Waals surface area contributed by atoms with E-state index in [1.165, 1.54) is 5.57 Å². The minimum atomic E-state index is 0.184. The topological polar surface area (TPSA) is 0 Å². The maximum Gasteiger partial charge on any atom is 0.00377 e. The molecule has 0 amide bonds. The van der Waals surface area contributed by atoms with Gasteiger partial charge in [-0.2, -0.15) is 0 Å². The lowest BCUT2D eigenvalue weighted by Gasteiger charge is -2.21. The molecule has 0 N–H and O–H groups in total. The molecule has 0 nitrogen and oxygen atoms in total. The first-order valence-electron chi connectivity index (χ1n) is 3.66. The van der Waals surface area contributed by atoms with Gasteiger partial charge in [0.25, 0.3) is 0 Å². The first-order chi connectivity index (χ1) is 4.67. The van der Waals surface area contributed by atoms with Crippen molar-refractivity contribution in [3.63, 3.8) is 0 Å². The Morgan fingerprint density at radius 1 is 1.60 bits per heavy atom. The fourth-order valence-electron chi connectivity index (χ4n) is 1.06. The van der Waals surface area contributed by atoms with Gasteiger partial charge in [-0.15, -0.1) is 6.58 Å². The molecule has 0 fully saturated rings. The predicted molar refractivity (Wildman–Crippen MR) is 45.8 cm³/mol. The molecule has 0 heterocycles. The highest BCUT2D eigenvalue weighted by Crippen LogP contribution is 2.32. The second-order valence-corrected chi connectivity index (χ2v) is 3.25. The van der Waals surface area contributed by atoms with Crippen LogP contribution in [0.2, 0.25) is 0 Å². The van der Waals surface area contributed by atoms with Crippen molar-refractivity contribution < 1.29 is 0 Å². The van der Waals surface area contributed by atoms with Crippen molar-refractivity contribution in [2.45, 2.75) is 20.3 Å². The summed E-state index contributed by atoms with van der Waals surface area (Å²) in [5.74, 6) is 0. The standard InChI is InChI=1S/C10H14/c1-4-10(2,3)9-7-5-6-8-9/h4-7H,1,8H2,2-3H3. The van der Waals surface area contributed by atoms with Gasteiger partial charge in [0.05, 0.1) is 0 Å². The second-order valence-electron chi connectivity index (χ2n) is 3.25. The van der Waals surface area contributed by atoms with Gasteiger partial charge in [-0.1, -0.05) is 43.7 Å². The molecule has 0 atom stereocenters. The van der Waals surface area contributed by atoms with E-state index in [2.05, 4.69) is 38.7 Å². The molecule has 0 radical (unpaired) electrons. The molecule has 54 valence electrons. The lowest BCUT2D eigenvalue weighted by Crippen LogP contribution is -2.08. The van der Waals surface area contributed by atoms with E-state index < -0.39 is 0 Å². The predicted octanol–water partition coefficient (Wildman–Crippen LogP) is 3.08. The van der Waals surface area contributed by atoms with Crippen LogP contribution in [0.1, 0.15) is 20.3 Å². The van der Waals surface area contributed by atoms with Crippen LogP contribution in [0.3, 0.4) is 0 Å². The number of hydrogen-bond donors (Lipinski definition) is 0. The van der Waals surface area contributed by atoms with Gasteiger partial charge >= 0.3 is 0 Å². The van der Waals surface area contributed by atoms with Crippen LogP contribution in [-0.2, 0) is 0 Å². The molecule has 1 rings (SSSR count). The summed E-state index contributed by atoms with van der Waals surface area (Å²) in [6, 6.07) is 0. The van der Waals surface area contributed by atoms with Crippen LogP contribution in [-0.4, -0.2) is 0 Å². The monoisotopic (exact) mass is 134 g/mol. The summed E-state index contributed by atoms with van der Waals surface area (Å²) in [6.45, 7) is 8.19. The van der Waals surface area contributed by atoms with E-state index in [4.69, 9.17) is 0 Å². The van der Waals surface area contributed by atoms with Gasteiger partial charge in [-0.05, 0) is 6.42 Å². The highest BCUT2D eigenvalue weighted by molar-refractivity contribution is 5.30. The Bertz CT molecular complexity index is 192. The van der Waals surface area contributed by atoms with Crippen molar-refractivity contribution >= 4 is 0 Å². The SMILES string of the molecule is C=CC(C)(C)C1=CC=CC1. The summed E-state index contributed by atoms with van der Waals surface area (Å²) in [5, 5.41) is 0. The van der Waals surface area contributed by atoms with Gasteiger partial charge in [0.15, 0.2) is 0 Å². The third-order valence-corrected chi connectivity index (χ3v) is 2.11. The van der Waals surface area contributed by atoms with Crippen LogP contribution in [0.15, 0.2) is 36.5 Å². The zero-order valence-electron chi connectivity index (χ0n) is 6.72. The maximum atomic E-state index is 3.81. The molecule has 10 heavy (non-hydrogen) atoms. The molecule has 0 unspecified atom stereocenters. The maximum absolute atomic E-state index is 3.81. The van der Waals surface area contributed by atoms with E-state index in [1.54, 1.807) is 0 Å². The van der Waals surface area contributed by atoms with Crippen LogP contribution in [0.4, 0.5) is 0 Å². The summed E-state index contributed by atoms with van der Waals surface area (Å²) in [6.07, 6.45) is 9.58. The third kappa shape index (κ3) is 1.21. The van der Waals surface area contributed by atoms with Gasteiger partial charge < -0.3 is 0 Å². The van der Waals surface area contributed by atoms with Crippen molar-refractivity contribution in [1.29, 1.82) is 0 Å². The molecule has 0 heteroatoms. The Morgan fingerprint density at radius 3 is 2.70 bits per heavy atom. The summed E-state index contributed by atoms with van der Waals surface area (Å²) >= 11 is 0. The third-order valence-electron chi connectivity index (χ3n) is 2.11. The largest absolute Gasteiger partial charge is 0.102 e. The van der Waals surface area contributed by atoms with Gasteiger partial charge in [-0.3, -0.25) is 0 Å². The van der Waals surface area contributed by atoms with E-state index in [0.717, 1.165) is 6.42 Å². The Hall–Kier alpha value is -0.780. The average Bonchev–Trinajstić information content (AvgIpc) is 2.38. The number of hydrogen-bond acceptors (Lipinski definition) is 0. The van der Waals surface area contributed by atoms with Crippen molar-refractivity contribution in [3.05, 3.63) is 36.5 Å². The van der Waals surface area contributed by atoms with Crippen LogP contribution in [0, 0.1) is 5.41 Å². The molecular formula is C10H14. The van der Waals surface area contributed by atoms with Crippen molar-refractivity contribution in [2.24, 2.45) is 5.41 Å². The van der Waals surface area contributed by atoms with Crippen LogP contribution < -0.4 is 0 Å². The lowest BCUT2D eigenvalue weighted by molar-refractivity contribution is 0.572. The Balaban J connectivity index is 2.74.